The number of nitrogens with zero attached hydrogens (tertiary/aromatic N) is 1. The normalized spacial score (nSPS) is 12.2. The van der Waals surface area contributed by atoms with E-state index in [1.807, 2.05) is 12.1 Å². The number of carbonyl (C=O) groups is 1. The van der Waals surface area contributed by atoms with E-state index in [2.05, 4.69) is 24.1 Å². The van der Waals surface area contributed by atoms with Crippen molar-refractivity contribution < 1.29 is 9.21 Å². The Balaban J connectivity index is 2.23. The van der Waals surface area contributed by atoms with E-state index >= 15 is 0 Å². The maximum atomic E-state index is 12.4. The van der Waals surface area contributed by atoms with Crippen LogP contribution in [-0.4, -0.2) is 10.9 Å². The minimum absolute atomic E-state index is 0.0302. The van der Waals surface area contributed by atoms with Crippen LogP contribution in [-0.2, 0) is 0 Å². The molecule has 2 aromatic rings. The molecule has 0 saturated heterocycles. The summed E-state index contributed by atoms with van der Waals surface area (Å²) in [6.45, 7) is 5.82. The summed E-state index contributed by atoms with van der Waals surface area (Å²) >= 11 is 0. The van der Waals surface area contributed by atoms with E-state index in [4.69, 9.17) is 4.42 Å². The van der Waals surface area contributed by atoms with Gasteiger partial charge >= 0.3 is 0 Å². The van der Waals surface area contributed by atoms with Gasteiger partial charge in [-0.05, 0) is 30.9 Å². The van der Waals surface area contributed by atoms with E-state index in [1.54, 1.807) is 19.3 Å². The largest absolute Gasteiger partial charge is 0.456 e. The van der Waals surface area contributed by atoms with Crippen LogP contribution in [0.4, 0.5) is 0 Å². The Morgan fingerprint density at radius 3 is 2.73 bits per heavy atom. The van der Waals surface area contributed by atoms with Crippen LogP contribution in [0.5, 0.6) is 0 Å². The number of hydrogen-bond acceptors (Lipinski definition) is 4. The molecule has 5 nitrogen and oxygen atoms in total. The number of aromatic nitrogens is 1. The standard InChI is InChI=1S/C17H20N2O3/c1-11(2)7-15(13-5-4-6-18-10-13)19-17(21)16-9-14(20)8-12(3)22-16/h4-6,8-11,15H,7H2,1-3H3,(H,19,21). The Kier molecular flexibility index (Phi) is 5.09. The van der Waals surface area contributed by atoms with E-state index in [0.29, 0.717) is 11.7 Å². The molecule has 0 aliphatic carbocycles. The predicted molar refractivity (Wildman–Crippen MR) is 83.6 cm³/mol. The third-order valence-corrected chi connectivity index (χ3v) is 3.21. The first-order valence-electron chi connectivity index (χ1n) is 7.28. The van der Waals surface area contributed by atoms with Gasteiger partial charge < -0.3 is 9.73 Å². The molecule has 5 heteroatoms. The highest BCUT2D eigenvalue weighted by atomic mass is 16.3. The van der Waals surface area contributed by atoms with Gasteiger partial charge in [-0.3, -0.25) is 14.6 Å². The fourth-order valence-corrected chi connectivity index (χ4v) is 2.28. The van der Waals surface area contributed by atoms with Crippen molar-refractivity contribution in [3.8, 4) is 0 Å². The number of pyridine rings is 1. The van der Waals surface area contributed by atoms with E-state index in [1.165, 1.54) is 12.1 Å². The van der Waals surface area contributed by atoms with Crippen LogP contribution >= 0.6 is 0 Å². The molecule has 116 valence electrons. The van der Waals surface area contributed by atoms with Gasteiger partial charge in [0.1, 0.15) is 5.76 Å². The predicted octanol–water partition coefficient (Wildman–Crippen LogP) is 2.86. The number of nitrogens with one attached hydrogen (secondary N) is 1. The first-order chi connectivity index (χ1) is 10.5. The first kappa shape index (κ1) is 15.9. The van der Waals surface area contributed by atoms with Gasteiger partial charge in [0.05, 0.1) is 6.04 Å². The fourth-order valence-electron chi connectivity index (χ4n) is 2.28. The topological polar surface area (TPSA) is 72.2 Å². The van der Waals surface area contributed by atoms with Crippen molar-refractivity contribution in [3.63, 3.8) is 0 Å². The Bertz CT molecular complexity index is 693. The summed E-state index contributed by atoms with van der Waals surface area (Å²) in [6.07, 6.45) is 4.20. The summed E-state index contributed by atoms with van der Waals surface area (Å²) in [4.78, 5) is 27.9. The van der Waals surface area contributed by atoms with Crippen molar-refractivity contribution in [1.29, 1.82) is 0 Å². The minimum Gasteiger partial charge on any atom is -0.456 e. The maximum Gasteiger partial charge on any atom is 0.287 e. The van der Waals surface area contributed by atoms with Gasteiger partial charge in [-0.25, -0.2) is 0 Å². The lowest BCUT2D eigenvalue weighted by Gasteiger charge is -2.20. The van der Waals surface area contributed by atoms with Crippen LogP contribution in [0.2, 0.25) is 0 Å². The van der Waals surface area contributed by atoms with Gasteiger partial charge in [0.2, 0.25) is 0 Å². The average molecular weight is 300 g/mol. The lowest BCUT2D eigenvalue weighted by atomic mass is 9.98. The van der Waals surface area contributed by atoms with Crippen LogP contribution < -0.4 is 10.7 Å². The third-order valence-electron chi connectivity index (χ3n) is 3.21. The Hall–Kier alpha value is -2.43. The first-order valence-corrected chi connectivity index (χ1v) is 7.28. The summed E-state index contributed by atoms with van der Waals surface area (Å²) in [7, 11) is 0. The van der Waals surface area contributed by atoms with Gasteiger partial charge in [-0.15, -0.1) is 0 Å². The number of carbonyl (C=O) groups excluding carboxylic acids is 1. The zero-order valence-corrected chi connectivity index (χ0v) is 13.0. The lowest BCUT2D eigenvalue weighted by Crippen LogP contribution is -2.30. The molecule has 0 aliphatic heterocycles. The molecule has 2 aromatic heterocycles. The van der Waals surface area contributed by atoms with Crippen molar-refractivity contribution >= 4 is 5.91 Å². The molecule has 0 saturated carbocycles. The van der Waals surface area contributed by atoms with E-state index < -0.39 is 5.91 Å². The number of hydrogen-bond donors (Lipinski definition) is 1. The third kappa shape index (κ3) is 4.28. The average Bonchev–Trinajstić information content (AvgIpc) is 2.46. The molecule has 0 radical (unpaired) electrons. The van der Waals surface area contributed by atoms with E-state index in [9.17, 15) is 9.59 Å². The highest BCUT2D eigenvalue weighted by Gasteiger charge is 2.19. The van der Waals surface area contributed by atoms with Gasteiger partial charge in [-0.2, -0.15) is 0 Å². The fraction of sp³-hybridized carbons (Fsp3) is 0.353. The molecule has 0 spiro atoms. The minimum atomic E-state index is -0.393. The Morgan fingerprint density at radius 1 is 1.36 bits per heavy atom. The summed E-state index contributed by atoms with van der Waals surface area (Å²) in [5.74, 6) is 0.451. The highest BCUT2D eigenvalue weighted by Crippen LogP contribution is 2.21. The second-order valence-electron chi connectivity index (χ2n) is 5.71. The second-order valence-corrected chi connectivity index (χ2v) is 5.71. The molecule has 22 heavy (non-hydrogen) atoms. The lowest BCUT2D eigenvalue weighted by molar-refractivity contribution is 0.0899. The van der Waals surface area contributed by atoms with Crippen molar-refractivity contribution in [2.75, 3.05) is 0 Å². The zero-order valence-electron chi connectivity index (χ0n) is 13.0. The summed E-state index contributed by atoms with van der Waals surface area (Å²) in [5.41, 5.74) is 0.690. The molecule has 0 aliphatic rings. The molecule has 0 fully saturated rings. The molecule has 0 aromatic carbocycles. The van der Waals surface area contributed by atoms with Gasteiger partial charge in [0, 0.05) is 24.5 Å². The molecule has 1 N–H and O–H groups in total. The van der Waals surface area contributed by atoms with Crippen molar-refractivity contribution in [1.82, 2.24) is 10.3 Å². The van der Waals surface area contributed by atoms with Crippen LogP contribution in [0.25, 0.3) is 0 Å². The molecular formula is C17H20N2O3. The van der Waals surface area contributed by atoms with Crippen LogP contribution in [0, 0.1) is 12.8 Å². The highest BCUT2D eigenvalue weighted by molar-refractivity contribution is 5.91. The molecule has 2 heterocycles. The van der Waals surface area contributed by atoms with Crippen molar-refractivity contribution in [3.05, 3.63) is 64.0 Å². The van der Waals surface area contributed by atoms with Crippen molar-refractivity contribution in [2.45, 2.75) is 33.2 Å². The second kappa shape index (κ2) is 7.02. The van der Waals surface area contributed by atoms with Gasteiger partial charge in [0.25, 0.3) is 5.91 Å². The van der Waals surface area contributed by atoms with E-state index in [-0.39, 0.29) is 17.2 Å². The molecule has 1 unspecified atom stereocenters. The zero-order chi connectivity index (χ0) is 16.1. The maximum absolute atomic E-state index is 12.4. The molecular weight excluding hydrogens is 280 g/mol. The summed E-state index contributed by atoms with van der Waals surface area (Å²) < 4.78 is 5.33. The van der Waals surface area contributed by atoms with Crippen LogP contribution in [0.3, 0.4) is 0 Å². The molecule has 1 amide bonds. The summed E-state index contributed by atoms with van der Waals surface area (Å²) in [5, 5.41) is 2.92. The Labute approximate surface area is 129 Å². The van der Waals surface area contributed by atoms with Crippen LogP contribution in [0.15, 0.2) is 45.9 Å². The van der Waals surface area contributed by atoms with E-state index in [0.717, 1.165) is 12.0 Å². The number of aryl methyl sites for hydroxylation is 1. The number of amides is 1. The molecule has 1 atom stereocenters. The van der Waals surface area contributed by atoms with Crippen LogP contribution in [0.1, 0.15) is 48.2 Å². The monoisotopic (exact) mass is 300 g/mol. The van der Waals surface area contributed by atoms with Gasteiger partial charge in [-0.1, -0.05) is 19.9 Å². The Morgan fingerprint density at radius 2 is 2.14 bits per heavy atom. The molecule has 2 rings (SSSR count). The summed E-state index contributed by atoms with van der Waals surface area (Å²) in [6, 6.07) is 6.14. The molecule has 0 bridgehead atoms. The van der Waals surface area contributed by atoms with Crippen molar-refractivity contribution in [2.24, 2.45) is 5.92 Å². The smallest absolute Gasteiger partial charge is 0.287 e. The quantitative estimate of drug-likeness (QED) is 0.921. The number of rotatable bonds is 5. The SMILES string of the molecule is Cc1cc(=O)cc(C(=O)NC(CC(C)C)c2cccnc2)o1. The van der Waals surface area contributed by atoms with Gasteiger partial charge in [0.15, 0.2) is 11.2 Å².